The Bertz CT molecular complexity index is 411. The van der Waals surface area contributed by atoms with Crippen molar-refractivity contribution in [2.24, 2.45) is 0 Å². The molecule has 4 heteroatoms. The molecule has 100 valence electrons. The molecule has 1 aromatic carbocycles. The van der Waals surface area contributed by atoms with E-state index in [0.29, 0.717) is 17.3 Å². The van der Waals surface area contributed by atoms with Crippen LogP contribution in [0.4, 0.5) is 10.1 Å². The Kier molecular flexibility index (Phi) is 4.19. The number of anilines is 1. The Morgan fingerprint density at radius 3 is 2.78 bits per heavy atom. The van der Waals surface area contributed by atoms with Crippen molar-refractivity contribution in [3.63, 3.8) is 0 Å². The first-order chi connectivity index (χ1) is 8.65. The van der Waals surface area contributed by atoms with E-state index in [1.165, 1.54) is 6.07 Å². The molecule has 1 unspecified atom stereocenters. The highest BCUT2D eigenvalue weighted by atomic mass is 19.1. The molecule has 2 rings (SSSR count). The van der Waals surface area contributed by atoms with Crippen LogP contribution in [0.3, 0.4) is 0 Å². The molecular formula is C14H21FN2O. The molecule has 1 aliphatic rings. The first kappa shape index (κ1) is 13.3. The van der Waals surface area contributed by atoms with Gasteiger partial charge >= 0.3 is 0 Å². The lowest BCUT2D eigenvalue weighted by Gasteiger charge is -2.40. The van der Waals surface area contributed by atoms with E-state index in [4.69, 9.17) is 5.11 Å². The summed E-state index contributed by atoms with van der Waals surface area (Å²) >= 11 is 0. The molecule has 1 N–H and O–H groups in total. The number of hydrogen-bond donors (Lipinski definition) is 1. The van der Waals surface area contributed by atoms with Crippen molar-refractivity contribution in [2.45, 2.75) is 26.0 Å². The summed E-state index contributed by atoms with van der Waals surface area (Å²) in [6, 6.07) is 5.47. The summed E-state index contributed by atoms with van der Waals surface area (Å²) in [6.07, 6.45) is 1.07. The van der Waals surface area contributed by atoms with Crippen molar-refractivity contribution in [1.29, 1.82) is 0 Å². The molecule has 1 saturated heterocycles. The molecule has 0 spiro atoms. The van der Waals surface area contributed by atoms with Crippen LogP contribution >= 0.6 is 0 Å². The molecule has 0 amide bonds. The average molecular weight is 252 g/mol. The SMILES string of the molecule is CCC1CN(c2ccc(CO)cc2F)CCN1C. The largest absolute Gasteiger partial charge is 0.392 e. The Hall–Kier alpha value is -1.13. The van der Waals surface area contributed by atoms with Gasteiger partial charge in [0.2, 0.25) is 0 Å². The van der Waals surface area contributed by atoms with Crippen LogP contribution in [0, 0.1) is 5.82 Å². The lowest BCUT2D eigenvalue weighted by molar-refractivity contribution is 0.213. The monoisotopic (exact) mass is 252 g/mol. The maximum Gasteiger partial charge on any atom is 0.146 e. The lowest BCUT2D eigenvalue weighted by atomic mass is 10.1. The third kappa shape index (κ3) is 2.65. The minimum Gasteiger partial charge on any atom is -0.392 e. The Balaban J connectivity index is 2.16. The number of piperazine rings is 1. The van der Waals surface area contributed by atoms with Gasteiger partial charge in [0.25, 0.3) is 0 Å². The highest BCUT2D eigenvalue weighted by Gasteiger charge is 2.24. The lowest BCUT2D eigenvalue weighted by Crippen LogP contribution is -2.51. The number of hydrogen-bond acceptors (Lipinski definition) is 3. The van der Waals surface area contributed by atoms with Crippen LogP contribution in [-0.4, -0.2) is 42.7 Å². The maximum absolute atomic E-state index is 14.0. The zero-order valence-electron chi connectivity index (χ0n) is 11.1. The molecule has 3 nitrogen and oxygen atoms in total. The van der Waals surface area contributed by atoms with Crippen molar-refractivity contribution in [2.75, 3.05) is 31.6 Å². The second-order valence-corrected chi connectivity index (χ2v) is 4.93. The fourth-order valence-electron chi connectivity index (χ4n) is 2.51. The number of aliphatic hydroxyl groups is 1. The van der Waals surface area contributed by atoms with E-state index in [1.807, 2.05) is 0 Å². The number of halogens is 1. The molecule has 1 fully saturated rings. The van der Waals surface area contributed by atoms with Crippen LogP contribution in [0.2, 0.25) is 0 Å². The van der Waals surface area contributed by atoms with E-state index in [9.17, 15) is 4.39 Å². The number of aliphatic hydroxyl groups excluding tert-OH is 1. The zero-order chi connectivity index (χ0) is 13.1. The second kappa shape index (κ2) is 5.67. The minimum absolute atomic E-state index is 0.114. The number of nitrogens with zero attached hydrogens (tertiary/aromatic N) is 2. The first-order valence-electron chi connectivity index (χ1n) is 6.50. The van der Waals surface area contributed by atoms with Crippen molar-refractivity contribution in [3.05, 3.63) is 29.6 Å². The van der Waals surface area contributed by atoms with Gasteiger partial charge in [-0.2, -0.15) is 0 Å². The molecule has 18 heavy (non-hydrogen) atoms. The van der Waals surface area contributed by atoms with Crippen LogP contribution in [0.1, 0.15) is 18.9 Å². The van der Waals surface area contributed by atoms with E-state index in [0.717, 1.165) is 26.1 Å². The average Bonchev–Trinajstić information content (AvgIpc) is 2.39. The van der Waals surface area contributed by atoms with E-state index in [-0.39, 0.29) is 12.4 Å². The summed E-state index contributed by atoms with van der Waals surface area (Å²) in [4.78, 5) is 4.43. The smallest absolute Gasteiger partial charge is 0.146 e. The highest BCUT2D eigenvalue weighted by Crippen LogP contribution is 2.24. The summed E-state index contributed by atoms with van der Waals surface area (Å²) in [6.45, 7) is 4.72. The summed E-state index contributed by atoms with van der Waals surface area (Å²) in [5.41, 5.74) is 1.27. The molecule has 1 heterocycles. The molecule has 0 bridgehead atoms. The van der Waals surface area contributed by atoms with E-state index in [2.05, 4.69) is 23.8 Å². The van der Waals surface area contributed by atoms with Crippen molar-refractivity contribution < 1.29 is 9.50 Å². The molecule has 1 atom stereocenters. The summed E-state index contributed by atoms with van der Waals surface area (Å²) < 4.78 is 14.0. The fourth-order valence-corrected chi connectivity index (χ4v) is 2.51. The topological polar surface area (TPSA) is 26.7 Å². The molecule has 1 aliphatic heterocycles. The van der Waals surface area contributed by atoms with Crippen LogP contribution in [0.15, 0.2) is 18.2 Å². The fraction of sp³-hybridized carbons (Fsp3) is 0.571. The third-order valence-electron chi connectivity index (χ3n) is 3.78. The van der Waals surface area contributed by atoms with Gasteiger partial charge in [-0.25, -0.2) is 4.39 Å². The van der Waals surface area contributed by atoms with Gasteiger partial charge in [-0.1, -0.05) is 13.0 Å². The molecule has 0 aromatic heterocycles. The van der Waals surface area contributed by atoms with Gasteiger partial charge in [0.1, 0.15) is 5.82 Å². The molecule has 0 radical (unpaired) electrons. The number of benzene rings is 1. The standard InChI is InChI=1S/C14H21FN2O/c1-3-12-9-17(7-6-16(12)2)14-5-4-11(10-18)8-13(14)15/h4-5,8,12,18H,3,6-7,9-10H2,1-2H3. The third-order valence-corrected chi connectivity index (χ3v) is 3.78. The number of rotatable bonds is 3. The maximum atomic E-state index is 14.0. The summed E-state index contributed by atoms with van der Waals surface area (Å²) in [5.74, 6) is -0.235. The van der Waals surface area contributed by atoms with Crippen LogP contribution in [-0.2, 0) is 6.61 Å². The second-order valence-electron chi connectivity index (χ2n) is 4.93. The zero-order valence-corrected chi connectivity index (χ0v) is 11.1. The quantitative estimate of drug-likeness (QED) is 0.889. The Labute approximate surface area is 108 Å². The predicted octanol–water partition coefficient (Wildman–Crippen LogP) is 1.85. The predicted molar refractivity (Wildman–Crippen MR) is 71.2 cm³/mol. The molecular weight excluding hydrogens is 231 g/mol. The minimum atomic E-state index is -0.235. The molecule has 0 saturated carbocycles. The normalized spacial score (nSPS) is 21.3. The van der Waals surface area contributed by atoms with E-state index < -0.39 is 0 Å². The first-order valence-corrected chi connectivity index (χ1v) is 6.50. The molecule has 0 aliphatic carbocycles. The Morgan fingerprint density at radius 1 is 1.39 bits per heavy atom. The summed E-state index contributed by atoms with van der Waals surface area (Å²) in [7, 11) is 2.12. The summed E-state index contributed by atoms with van der Waals surface area (Å²) in [5, 5.41) is 8.99. The van der Waals surface area contributed by atoms with Crippen LogP contribution < -0.4 is 4.90 Å². The molecule has 1 aromatic rings. The highest BCUT2D eigenvalue weighted by molar-refractivity contribution is 5.49. The van der Waals surface area contributed by atoms with Crippen molar-refractivity contribution >= 4 is 5.69 Å². The van der Waals surface area contributed by atoms with Gasteiger partial charge in [-0.15, -0.1) is 0 Å². The van der Waals surface area contributed by atoms with Gasteiger partial charge in [-0.05, 0) is 31.2 Å². The Morgan fingerprint density at radius 2 is 2.17 bits per heavy atom. The van der Waals surface area contributed by atoms with E-state index >= 15 is 0 Å². The van der Waals surface area contributed by atoms with Gasteiger partial charge < -0.3 is 10.0 Å². The van der Waals surface area contributed by atoms with Crippen LogP contribution in [0.5, 0.6) is 0 Å². The number of likely N-dealkylation sites (N-methyl/N-ethyl adjacent to an activating group) is 1. The van der Waals surface area contributed by atoms with Crippen LogP contribution in [0.25, 0.3) is 0 Å². The van der Waals surface area contributed by atoms with Gasteiger partial charge in [-0.3, -0.25) is 4.90 Å². The van der Waals surface area contributed by atoms with E-state index in [1.54, 1.807) is 12.1 Å². The van der Waals surface area contributed by atoms with Crippen molar-refractivity contribution in [1.82, 2.24) is 4.90 Å². The van der Waals surface area contributed by atoms with Gasteiger partial charge in [0, 0.05) is 25.7 Å². The van der Waals surface area contributed by atoms with Crippen molar-refractivity contribution in [3.8, 4) is 0 Å². The van der Waals surface area contributed by atoms with Gasteiger partial charge in [0.05, 0.1) is 12.3 Å². The van der Waals surface area contributed by atoms with Gasteiger partial charge in [0.15, 0.2) is 0 Å².